The van der Waals surface area contributed by atoms with Gasteiger partial charge in [0.1, 0.15) is 12.4 Å². The Morgan fingerprint density at radius 2 is 1.45 bits per heavy atom. The van der Waals surface area contributed by atoms with Crippen LogP contribution in [-0.2, 0) is 19.3 Å². The molecule has 1 heteroatoms. The van der Waals surface area contributed by atoms with Crippen molar-refractivity contribution in [2.45, 2.75) is 19.3 Å². The van der Waals surface area contributed by atoms with E-state index in [4.69, 9.17) is 4.74 Å². The zero-order valence-corrected chi connectivity index (χ0v) is 12.2. The topological polar surface area (TPSA) is 9.23 Å². The summed E-state index contributed by atoms with van der Waals surface area (Å²) in [7, 11) is 0. The highest BCUT2D eigenvalue weighted by Crippen LogP contribution is 2.32. The average Bonchev–Trinajstić information content (AvgIpc) is 2.43. The van der Waals surface area contributed by atoms with Gasteiger partial charge in [-0.25, -0.2) is 0 Å². The van der Waals surface area contributed by atoms with Crippen LogP contribution in [0.3, 0.4) is 0 Å². The van der Waals surface area contributed by atoms with E-state index in [2.05, 4.69) is 39.3 Å². The van der Waals surface area contributed by atoms with Crippen molar-refractivity contribution in [3.63, 3.8) is 0 Å². The Labute approximate surface area is 123 Å². The molecule has 0 aliphatic rings. The highest BCUT2D eigenvalue weighted by Gasteiger charge is 2.15. The Hall–Kier alpha value is -2.02. The summed E-state index contributed by atoms with van der Waals surface area (Å²) in [5, 5.41) is 0. The molecule has 0 heterocycles. The first-order valence-corrected chi connectivity index (χ1v) is 6.75. The zero-order chi connectivity index (χ0) is 15.0. The fraction of sp³-hybridized carbons (Fsp3) is 0.211. The Balaban J connectivity index is 3.46. The number of ether oxygens (including phenoxy) is 1. The van der Waals surface area contributed by atoms with Crippen LogP contribution in [0.1, 0.15) is 22.3 Å². The van der Waals surface area contributed by atoms with Gasteiger partial charge in [0.25, 0.3) is 0 Å². The standard InChI is InChI=1S/C19H23O/c1-6-10-16-14-15(5)17(11-7-2)18(12-8-3)19(16)20-13-9-4/h6-9,14H,1-5,10-13H2. The zero-order valence-electron chi connectivity index (χ0n) is 12.2. The molecule has 0 fully saturated rings. The molecule has 0 unspecified atom stereocenters. The number of rotatable bonds is 9. The summed E-state index contributed by atoms with van der Waals surface area (Å²) in [5.41, 5.74) is 4.44. The first-order valence-electron chi connectivity index (χ1n) is 6.75. The molecular formula is C19H23O. The van der Waals surface area contributed by atoms with Gasteiger partial charge in [-0.1, -0.05) is 36.9 Å². The van der Waals surface area contributed by atoms with E-state index in [1.54, 1.807) is 6.08 Å². The lowest BCUT2D eigenvalue weighted by atomic mass is 9.91. The third-order valence-electron chi connectivity index (χ3n) is 3.07. The molecule has 1 aromatic rings. The number of hydrogen-bond donors (Lipinski definition) is 0. The van der Waals surface area contributed by atoms with E-state index in [-0.39, 0.29) is 0 Å². The molecule has 0 N–H and O–H groups in total. The predicted molar refractivity (Wildman–Crippen MR) is 88.3 cm³/mol. The monoisotopic (exact) mass is 267 g/mol. The normalized spacial score (nSPS) is 9.85. The summed E-state index contributed by atoms with van der Waals surface area (Å²) in [6, 6.07) is 2.07. The molecule has 1 rings (SSSR count). The van der Waals surface area contributed by atoms with Crippen LogP contribution in [0.25, 0.3) is 0 Å². The lowest BCUT2D eigenvalue weighted by molar-refractivity contribution is 0.356. The van der Waals surface area contributed by atoms with Gasteiger partial charge in [0.05, 0.1) is 0 Å². The second-order valence-electron chi connectivity index (χ2n) is 4.56. The van der Waals surface area contributed by atoms with Crippen molar-refractivity contribution in [2.75, 3.05) is 6.61 Å². The Morgan fingerprint density at radius 3 is 2.00 bits per heavy atom. The van der Waals surface area contributed by atoms with Gasteiger partial charge in [0.2, 0.25) is 0 Å². The summed E-state index contributed by atoms with van der Waals surface area (Å²) in [4.78, 5) is 0. The maximum Gasteiger partial charge on any atom is 0.127 e. The van der Waals surface area contributed by atoms with Gasteiger partial charge in [0, 0.05) is 5.56 Å². The van der Waals surface area contributed by atoms with Gasteiger partial charge in [-0.15, -0.1) is 19.7 Å². The third-order valence-corrected chi connectivity index (χ3v) is 3.07. The highest BCUT2D eigenvalue weighted by molar-refractivity contribution is 5.53. The fourth-order valence-electron chi connectivity index (χ4n) is 2.28. The van der Waals surface area contributed by atoms with E-state index < -0.39 is 0 Å². The second kappa shape index (κ2) is 8.21. The van der Waals surface area contributed by atoms with Crippen LogP contribution < -0.4 is 4.74 Å². The minimum atomic E-state index is 0.484. The van der Waals surface area contributed by atoms with Gasteiger partial charge < -0.3 is 4.74 Å². The predicted octanol–water partition coefficient (Wildman–Crippen LogP) is 4.62. The van der Waals surface area contributed by atoms with Gasteiger partial charge in [-0.3, -0.25) is 0 Å². The summed E-state index contributed by atoms with van der Waals surface area (Å²) in [6.45, 7) is 19.8. The molecule has 20 heavy (non-hydrogen) atoms. The van der Waals surface area contributed by atoms with Crippen molar-refractivity contribution in [1.29, 1.82) is 0 Å². The molecule has 0 saturated heterocycles. The van der Waals surface area contributed by atoms with E-state index in [0.717, 1.165) is 41.7 Å². The summed E-state index contributed by atoms with van der Waals surface area (Å²) >= 11 is 0. The number of allylic oxidation sites excluding steroid dienone is 3. The molecule has 0 aliphatic heterocycles. The average molecular weight is 267 g/mol. The third kappa shape index (κ3) is 3.74. The maximum absolute atomic E-state index is 5.89. The van der Waals surface area contributed by atoms with Crippen molar-refractivity contribution in [3.8, 4) is 5.75 Å². The Kier molecular flexibility index (Phi) is 6.58. The van der Waals surface area contributed by atoms with Crippen LogP contribution in [0.2, 0.25) is 0 Å². The molecule has 0 saturated carbocycles. The van der Waals surface area contributed by atoms with E-state index in [9.17, 15) is 0 Å². The van der Waals surface area contributed by atoms with Crippen molar-refractivity contribution in [1.82, 2.24) is 0 Å². The Morgan fingerprint density at radius 1 is 0.850 bits per heavy atom. The molecule has 0 bridgehead atoms. The van der Waals surface area contributed by atoms with Crippen LogP contribution in [0, 0.1) is 6.92 Å². The fourth-order valence-corrected chi connectivity index (χ4v) is 2.28. The molecule has 0 spiro atoms. The summed E-state index contributed by atoms with van der Waals surface area (Å²) < 4.78 is 5.89. The molecule has 0 aliphatic carbocycles. The van der Waals surface area contributed by atoms with E-state index in [0.29, 0.717) is 6.61 Å². The smallest absolute Gasteiger partial charge is 0.127 e. The van der Waals surface area contributed by atoms with Gasteiger partial charge in [-0.2, -0.15) is 0 Å². The number of hydrogen-bond acceptors (Lipinski definition) is 1. The second-order valence-corrected chi connectivity index (χ2v) is 4.56. The maximum atomic E-state index is 5.89. The summed E-state index contributed by atoms with van der Waals surface area (Å²) in [6.07, 6.45) is 9.69. The first kappa shape index (κ1) is 16.0. The molecule has 0 amide bonds. The van der Waals surface area contributed by atoms with E-state index >= 15 is 0 Å². The number of benzene rings is 1. The van der Waals surface area contributed by atoms with Crippen LogP contribution in [0.15, 0.2) is 56.7 Å². The van der Waals surface area contributed by atoms with Crippen molar-refractivity contribution < 1.29 is 4.74 Å². The van der Waals surface area contributed by atoms with E-state index in [1.807, 2.05) is 18.2 Å². The van der Waals surface area contributed by atoms with Crippen LogP contribution in [-0.4, -0.2) is 6.61 Å². The molecular weight excluding hydrogens is 244 g/mol. The minimum Gasteiger partial charge on any atom is -0.489 e. The van der Waals surface area contributed by atoms with Gasteiger partial charge >= 0.3 is 0 Å². The minimum absolute atomic E-state index is 0.484. The molecule has 0 aromatic heterocycles. The van der Waals surface area contributed by atoms with Crippen LogP contribution in [0.4, 0.5) is 0 Å². The molecule has 1 aromatic carbocycles. The van der Waals surface area contributed by atoms with E-state index in [1.165, 1.54) is 5.56 Å². The lowest BCUT2D eigenvalue weighted by Gasteiger charge is -2.19. The van der Waals surface area contributed by atoms with Crippen LogP contribution in [0.5, 0.6) is 5.75 Å². The molecule has 0 atom stereocenters. The molecule has 1 radical (unpaired) electrons. The van der Waals surface area contributed by atoms with Gasteiger partial charge in [0.15, 0.2) is 0 Å². The van der Waals surface area contributed by atoms with Gasteiger partial charge in [-0.05, 0) is 42.9 Å². The highest BCUT2D eigenvalue weighted by atomic mass is 16.5. The van der Waals surface area contributed by atoms with Crippen molar-refractivity contribution in [2.24, 2.45) is 0 Å². The first-order chi connectivity index (χ1) is 9.69. The lowest BCUT2D eigenvalue weighted by Crippen LogP contribution is -2.06. The quantitative estimate of drug-likeness (QED) is 0.593. The SMILES string of the molecule is [CH2]c1cc(CC=C)c(OCC=C)c(CC=C)c1CC=C. The largest absolute Gasteiger partial charge is 0.489 e. The summed E-state index contributed by atoms with van der Waals surface area (Å²) in [5.74, 6) is 0.911. The Bertz CT molecular complexity index is 509. The van der Waals surface area contributed by atoms with Crippen LogP contribution >= 0.6 is 0 Å². The molecule has 1 nitrogen and oxygen atoms in total. The molecule has 105 valence electrons. The van der Waals surface area contributed by atoms with Crippen molar-refractivity contribution >= 4 is 0 Å². The van der Waals surface area contributed by atoms with Crippen molar-refractivity contribution in [3.05, 3.63) is 85.9 Å².